The van der Waals surface area contributed by atoms with Crippen LogP contribution < -0.4 is 5.32 Å². The van der Waals surface area contributed by atoms with Gasteiger partial charge in [-0.3, -0.25) is 0 Å². The fourth-order valence-electron chi connectivity index (χ4n) is 1.85. The van der Waals surface area contributed by atoms with Crippen LogP contribution in [0.3, 0.4) is 0 Å². The largest absolute Gasteiger partial charge is 0.369 e. The molecule has 0 unspecified atom stereocenters. The van der Waals surface area contributed by atoms with Crippen LogP contribution >= 0.6 is 31.9 Å². The Bertz CT molecular complexity index is 600. The Labute approximate surface area is 136 Å². The molecule has 1 heterocycles. The van der Waals surface area contributed by atoms with Gasteiger partial charge in [-0.15, -0.1) is 0 Å². The predicted molar refractivity (Wildman–Crippen MR) is 91.0 cm³/mol. The van der Waals surface area contributed by atoms with Gasteiger partial charge in [0, 0.05) is 16.6 Å². The minimum atomic E-state index is 0.746. The molecule has 5 heteroatoms. The van der Waals surface area contributed by atoms with E-state index in [0.29, 0.717) is 0 Å². The monoisotopic (exact) mass is 397 g/mol. The highest BCUT2D eigenvalue weighted by molar-refractivity contribution is 9.11. The van der Waals surface area contributed by atoms with E-state index in [0.717, 1.165) is 51.2 Å². The highest BCUT2D eigenvalue weighted by atomic mass is 79.9. The number of hydrogen-bond acceptors (Lipinski definition) is 3. The zero-order chi connectivity index (χ0) is 14.5. The molecule has 1 aromatic carbocycles. The van der Waals surface area contributed by atoms with Crippen molar-refractivity contribution in [1.29, 1.82) is 0 Å². The topological polar surface area (TPSA) is 37.8 Å². The minimum Gasteiger partial charge on any atom is -0.369 e. The summed E-state index contributed by atoms with van der Waals surface area (Å²) in [4.78, 5) is 9.31. The summed E-state index contributed by atoms with van der Waals surface area (Å²) in [5.74, 6) is 1.61. The minimum absolute atomic E-state index is 0.746. The van der Waals surface area contributed by atoms with Crippen molar-refractivity contribution in [2.75, 3.05) is 11.9 Å². The molecular weight excluding hydrogens is 382 g/mol. The third-order valence-corrected chi connectivity index (χ3v) is 4.44. The van der Waals surface area contributed by atoms with E-state index in [9.17, 15) is 0 Å². The summed E-state index contributed by atoms with van der Waals surface area (Å²) in [6.07, 6.45) is 1.92. The Kier molecular flexibility index (Phi) is 5.54. The van der Waals surface area contributed by atoms with E-state index in [1.165, 1.54) is 0 Å². The third kappa shape index (κ3) is 3.38. The molecule has 0 amide bonds. The number of anilines is 1. The normalized spacial score (nSPS) is 10.6. The summed E-state index contributed by atoms with van der Waals surface area (Å²) in [5.41, 5.74) is 2.03. The summed E-state index contributed by atoms with van der Waals surface area (Å²) in [6, 6.07) is 8.02. The molecule has 1 aromatic heterocycles. The number of halogens is 2. The molecule has 20 heavy (non-hydrogen) atoms. The second kappa shape index (κ2) is 7.18. The van der Waals surface area contributed by atoms with Gasteiger partial charge in [-0.1, -0.05) is 48.0 Å². The maximum Gasteiger partial charge on any atom is 0.162 e. The molecule has 2 aromatic rings. The summed E-state index contributed by atoms with van der Waals surface area (Å²) in [6.45, 7) is 5.13. The molecule has 0 bridgehead atoms. The average Bonchev–Trinajstić information content (AvgIpc) is 2.47. The number of benzene rings is 1. The van der Waals surface area contributed by atoms with Crippen molar-refractivity contribution < 1.29 is 0 Å². The molecule has 0 aliphatic rings. The standard InChI is InChI=1S/C15H17Br2N3/c1-3-9-18-15-13(17)12(4-2)19-14(20-15)10-7-5-6-8-11(10)16/h5-8H,3-4,9H2,1-2H3,(H,18,19,20). The summed E-state index contributed by atoms with van der Waals surface area (Å²) >= 11 is 7.16. The van der Waals surface area contributed by atoms with Crippen molar-refractivity contribution in [3.05, 3.63) is 38.9 Å². The van der Waals surface area contributed by atoms with Gasteiger partial charge in [0.25, 0.3) is 0 Å². The van der Waals surface area contributed by atoms with Crippen LogP contribution in [0.5, 0.6) is 0 Å². The Balaban J connectivity index is 2.51. The fraction of sp³-hybridized carbons (Fsp3) is 0.333. The molecule has 0 fully saturated rings. The van der Waals surface area contributed by atoms with Crippen molar-refractivity contribution >= 4 is 37.7 Å². The SMILES string of the molecule is CCCNc1nc(-c2ccccc2Br)nc(CC)c1Br. The Morgan fingerprint density at radius 1 is 1.10 bits per heavy atom. The highest BCUT2D eigenvalue weighted by Crippen LogP contribution is 2.30. The van der Waals surface area contributed by atoms with Gasteiger partial charge in [0.1, 0.15) is 5.82 Å². The average molecular weight is 399 g/mol. The second-order valence-corrected chi connectivity index (χ2v) is 6.06. The summed E-state index contributed by atoms with van der Waals surface area (Å²) < 4.78 is 1.97. The van der Waals surface area contributed by atoms with Crippen LogP contribution in [0, 0.1) is 0 Å². The number of rotatable bonds is 5. The molecule has 3 nitrogen and oxygen atoms in total. The molecule has 106 valence electrons. The van der Waals surface area contributed by atoms with Gasteiger partial charge in [-0.05, 0) is 34.8 Å². The van der Waals surface area contributed by atoms with Crippen LogP contribution in [-0.4, -0.2) is 16.5 Å². The molecule has 0 spiro atoms. The highest BCUT2D eigenvalue weighted by Gasteiger charge is 2.13. The van der Waals surface area contributed by atoms with Crippen molar-refractivity contribution in [2.24, 2.45) is 0 Å². The molecular formula is C15H17Br2N3. The van der Waals surface area contributed by atoms with Crippen LogP contribution in [0.15, 0.2) is 33.2 Å². The van der Waals surface area contributed by atoms with E-state index in [1.807, 2.05) is 24.3 Å². The van der Waals surface area contributed by atoms with Crippen LogP contribution in [0.2, 0.25) is 0 Å². The molecule has 0 saturated carbocycles. The van der Waals surface area contributed by atoms with Crippen LogP contribution in [0.4, 0.5) is 5.82 Å². The Hall–Kier alpha value is -0.940. The van der Waals surface area contributed by atoms with E-state index in [1.54, 1.807) is 0 Å². The molecule has 0 aliphatic carbocycles. The molecule has 1 N–H and O–H groups in total. The van der Waals surface area contributed by atoms with Gasteiger partial charge in [0.15, 0.2) is 5.82 Å². The Morgan fingerprint density at radius 2 is 1.85 bits per heavy atom. The third-order valence-electron chi connectivity index (χ3n) is 2.91. The lowest BCUT2D eigenvalue weighted by atomic mass is 10.2. The molecule has 0 radical (unpaired) electrons. The van der Waals surface area contributed by atoms with Crippen LogP contribution in [0.25, 0.3) is 11.4 Å². The quantitative estimate of drug-likeness (QED) is 0.765. The Morgan fingerprint density at radius 3 is 2.50 bits per heavy atom. The summed E-state index contributed by atoms with van der Waals surface area (Å²) in [5, 5.41) is 3.35. The first-order chi connectivity index (χ1) is 9.67. The van der Waals surface area contributed by atoms with E-state index in [-0.39, 0.29) is 0 Å². The number of aryl methyl sites for hydroxylation is 1. The van der Waals surface area contributed by atoms with Gasteiger partial charge in [-0.25, -0.2) is 9.97 Å². The van der Waals surface area contributed by atoms with E-state index in [4.69, 9.17) is 0 Å². The van der Waals surface area contributed by atoms with Crippen molar-refractivity contribution in [1.82, 2.24) is 9.97 Å². The molecule has 0 aliphatic heterocycles. The zero-order valence-corrected chi connectivity index (χ0v) is 14.8. The number of nitrogens with one attached hydrogen (secondary N) is 1. The fourth-order valence-corrected chi connectivity index (χ4v) is 2.91. The smallest absolute Gasteiger partial charge is 0.162 e. The van der Waals surface area contributed by atoms with Crippen LogP contribution in [0.1, 0.15) is 26.0 Å². The molecule has 2 rings (SSSR count). The van der Waals surface area contributed by atoms with Crippen molar-refractivity contribution in [3.63, 3.8) is 0 Å². The first-order valence-corrected chi connectivity index (χ1v) is 8.31. The zero-order valence-electron chi connectivity index (χ0n) is 11.6. The van der Waals surface area contributed by atoms with Crippen LogP contribution in [-0.2, 0) is 6.42 Å². The van der Waals surface area contributed by atoms with E-state index < -0.39 is 0 Å². The number of aromatic nitrogens is 2. The van der Waals surface area contributed by atoms with Gasteiger partial charge >= 0.3 is 0 Å². The molecule has 0 saturated heterocycles. The summed E-state index contributed by atoms with van der Waals surface area (Å²) in [7, 11) is 0. The number of hydrogen-bond donors (Lipinski definition) is 1. The lowest BCUT2D eigenvalue weighted by Crippen LogP contribution is -2.07. The number of nitrogens with zero attached hydrogens (tertiary/aromatic N) is 2. The molecule has 0 atom stereocenters. The lowest BCUT2D eigenvalue weighted by molar-refractivity contribution is 0.943. The van der Waals surface area contributed by atoms with E-state index in [2.05, 4.69) is 61.0 Å². The first kappa shape index (κ1) is 15.4. The van der Waals surface area contributed by atoms with E-state index >= 15 is 0 Å². The maximum atomic E-state index is 4.66. The maximum absolute atomic E-state index is 4.66. The first-order valence-electron chi connectivity index (χ1n) is 6.72. The van der Waals surface area contributed by atoms with Crippen molar-refractivity contribution in [2.45, 2.75) is 26.7 Å². The van der Waals surface area contributed by atoms with Gasteiger partial charge in [0.05, 0.1) is 10.2 Å². The van der Waals surface area contributed by atoms with Crippen molar-refractivity contribution in [3.8, 4) is 11.4 Å². The second-order valence-electron chi connectivity index (χ2n) is 4.42. The van der Waals surface area contributed by atoms with Gasteiger partial charge in [-0.2, -0.15) is 0 Å². The predicted octanol–water partition coefficient (Wildman–Crippen LogP) is 5.05. The lowest BCUT2D eigenvalue weighted by Gasteiger charge is -2.12. The van der Waals surface area contributed by atoms with Gasteiger partial charge in [0.2, 0.25) is 0 Å². The van der Waals surface area contributed by atoms with Gasteiger partial charge < -0.3 is 5.32 Å².